The molecule has 1 aliphatic rings. The molecular weight excluding hydrogens is 252 g/mol. The lowest BCUT2D eigenvalue weighted by Gasteiger charge is -2.20. The maximum Gasteiger partial charge on any atom is 0.322 e. The summed E-state index contributed by atoms with van der Waals surface area (Å²) in [7, 11) is 0. The van der Waals surface area contributed by atoms with Crippen LogP contribution < -0.4 is 9.64 Å². The summed E-state index contributed by atoms with van der Waals surface area (Å²) in [6, 6.07) is 0.310. The number of aromatic nitrogens is 3. The number of halogens is 1. The maximum atomic E-state index is 5.91. The molecule has 100 valence electrons. The van der Waals surface area contributed by atoms with Crippen LogP contribution >= 0.6 is 11.6 Å². The lowest BCUT2D eigenvalue weighted by molar-refractivity contribution is 0.311. The number of rotatable bonds is 3. The zero-order chi connectivity index (χ0) is 13.0. The van der Waals surface area contributed by atoms with Crippen LogP contribution in [0.15, 0.2) is 0 Å². The van der Waals surface area contributed by atoms with Crippen LogP contribution in [0.3, 0.4) is 0 Å². The molecule has 1 aromatic rings. The van der Waals surface area contributed by atoms with Gasteiger partial charge in [0.25, 0.3) is 0 Å². The standard InChI is InChI=1S/C12H19ClN4O/c1-3-18-12-15-10(13)14-11(16-12)17-7-4-5-9(2)6-8-17/h9H,3-8H2,1-2H3. The third kappa shape index (κ3) is 3.45. The Bertz CT molecular complexity index is 402. The number of ether oxygens (including phenoxy) is 1. The van der Waals surface area contributed by atoms with Crippen molar-refractivity contribution in [1.82, 2.24) is 15.0 Å². The third-order valence-electron chi connectivity index (χ3n) is 3.15. The molecule has 0 amide bonds. The predicted octanol–water partition coefficient (Wildman–Crippen LogP) is 2.55. The van der Waals surface area contributed by atoms with E-state index in [9.17, 15) is 0 Å². The molecule has 0 aromatic carbocycles. The van der Waals surface area contributed by atoms with Gasteiger partial charge in [0.2, 0.25) is 11.2 Å². The fraction of sp³-hybridized carbons (Fsp3) is 0.750. The highest BCUT2D eigenvalue weighted by Crippen LogP contribution is 2.21. The van der Waals surface area contributed by atoms with Gasteiger partial charge < -0.3 is 9.64 Å². The first kappa shape index (κ1) is 13.3. The van der Waals surface area contributed by atoms with Gasteiger partial charge in [-0.2, -0.15) is 15.0 Å². The molecule has 0 aliphatic carbocycles. The molecule has 5 nitrogen and oxygen atoms in total. The Morgan fingerprint density at radius 2 is 2.11 bits per heavy atom. The summed E-state index contributed by atoms with van der Waals surface area (Å²) in [6.45, 7) is 6.64. The molecule has 18 heavy (non-hydrogen) atoms. The molecule has 1 fully saturated rings. The van der Waals surface area contributed by atoms with E-state index in [2.05, 4.69) is 26.8 Å². The van der Waals surface area contributed by atoms with Crippen LogP contribution in [0.2, 0.25) is 5.28 Å². The fourth-order valence-electron chi connectivity index (χ4n) is 2.12. The Morgan fingerprint density at radius 3 is 2.89 bits per heavy atom. The molecule has 6 heteroatoms. The molecule has 2 heterocycles. The van der Waals surface area contributed by atoms with Gasteiger partial charge in [0, 0.05) is 13.1 Å². The zero-order valence-electron chi connectivity index (χ0n) is 10.9. The monoisotopic (exact) mass is 270 g/mol. The van der Waals surface area contributed by atoms with Crippen LogP contribution in [-0.2, 0) is 0 Å². The highest BCUT2D eigenvalue weighted by Gasteiger charge is 2.17. The van der Waals surface area contributed by atoms with Gasteiger partial charge in [0.15, 0.2) is 0 Å². The van der Waals surface area contributed by atoms with Crippen LogP contribution in [0.4, 0.5) is 5.95 Å². The summed E-state index contributed by atoms with van der Waals surface area (Å²) < 4.78 is 5.30. The highest BCUT2D eigenvalue weighted by atomic mass is 35.5. The minimum absolute atomic E-state index is 0.195. The number of hydrogen-bond donors (Lipinski definition) is 0. The largest absolute Gasteiger partial charge is 0.464 e. The topological polar surface area (TPSA) is 51.1 Å². The van der Waals surface area contributed by atoms with E-state index in [4.69, 9.17) is 16.3 Å². The second-order valence-electron chi connectivity index (χ2n) is 4.64. The molecule has 2 rings (SSSR count). The van der Waals surface area contributed by atoms with Gasteiger partial charge in [0.05, 0.1) is 6.61 Å². The Morgan fingerprint density at radius 1 is 1.28 bits per heavy atom. The van der Waals surface area contributed by atoms with Crippen molar-refractivity contribution in [2.24, 2.45) is 5.92 Å². The van der Waals surface area contributed by atoms with E-state index in [0.717, 1.165) is 31.8 Å². The Hall–Kier alpha value is -1.10. The molecule has 1 aliphatic heterocycles. The number of anilines is 1. The van der Waals surface area contributed by atoms with Crippen LogP contribution in [0.1, 0.15) is 33.1 Å². The Kier molecular flexibility index (Phi) is 4.58. The summed E-state index contributed by atoms with van der Waals surface area (Å²) in [5, 5.41) is 0.195. The van der Waals surface area contributed by atoms with Crippen molar-refractivity contribution >= 4 is 17.5 Å². The molecule has 1 aromatic heterocycles. The first-order valence-corrected chi connectivity index (χ1v) is 6.86. The molecule has 0 bridgehead atoms. The van der Waals surface area contributed by atoms with Gasteiger partial charge in [0.1, 0.15) is 0 Å². The minimum atomic E-state index is 0.195. The van der Waals surface area contributed by atoms with Crippen molar-refractivity contribution in [3.8, 4) is 6.01 Å². The first-order valence-electron chi connectivity index (χ1n) is 6.48. The predicted molar refractivity (Wildman–Crippen MR) is 71.2 cm³/mol. The maximum absolute atomic E-state index is 5.91. The van der Waals surface area contributed by atoms with E-state index in [-0.39, 0.29) is 5.28 Å². The van der Waals surface area contributed by atoms with Gasteiger partial charge >= 0.3 is 6.01 Å². The molecule has 1 atom stereocenters. The van der Waals surface area contributed by atoms with Crippen LogP contribution in [0.25, 0.3) is 0 Å². The SMILES string of the molecule is CCOc1nc(Cl)nc(N2CCCC(C)CC2)n1. The van der Waals surface area contributed by atoms with E-state index in [1.165, 1.54) is 6.42 Å². The summed E-state index contributed by atoms with van der Waals surface area (Å²) in [6.07, 6.45) is 3.58. The van der Waals surface area contributed by atoms with Gasteiger partial charge in [-0.05, 0) is 43.7 Å². The van der Waals surface area contributed by atoms with Crippen molar-refractivity contribution < 1.29 is 4.74 Å². The lowest BCUT2D eigenvalue weighted by atomic mass is 10.0. The van der Waals surface area contributed by atoms with E-state index >= 15 is 0 Å². The molecule has 0 spiro atoms. The number of hydrogen-bond acceptors (Lipinski definition) is 5. The second kappa shape index (κ2) is 6.18. The Labute approximate surface area is 113 Å². The summed E-state index contributed by atoms with van der Waals surface area (Å²) >= 11 is 5.91. The average molecular weight is 271 g/mol. The second-order valence-corrected chi connectivity index (χ2v) is 4.98. The number of nitrogens with zero attached hydrogens (tertiary/aromatic N) is 4. The molecule has 1 unspecified atom stereocenters. The smallest absolute Gasteiger partial charge is 0.322 e. The molecule has 0 radical (unpaired) electrons. The van der Waals surface area contributed by atoms with Crippen LogP contribution in [0, 0.1) is 5.92 Å². The summed E-state index contributed by atoms with van der Waals surface area (Å²) in [5.74, 6) is 1.39. The normalized spacial score (nSPS) is 20.6. The zero-order valence-corrected chi connectivity index (χ0v) is 11.7. The molecule has 0 saturated carbocycles. The Balaban J connectivity index is 2.15. The average Bonchev–Trinajstić information content (AvgIpc) is 2.54. The van der Waals surface area contributed by atoms with Crippen molar-refractivity contribution in [1.29, 1.82) is 0 Å². The highest BCUT2D eigenvalue weighted by molar-refractivity contribution is 6.28. The molecule has 0 N–H and O–H groups in total. The quantitative estimate of drug-likeness (QED) is 0.845. The third-order valence-corrected chi connectivity index (χ3v) is 3.32. The van der Waals surface area contributed by atoms with Gasteiger partial charge in [-0.1, -0.05) is 6.92 Å². The van der Waals surface area contributed by atoms with Crippen LogP contribution in [0.5, 0.6) is 6.01 Å². The van der Waals surface area contributed by atoms with Crippen molar-refractivity contribution in [3.63, 3.8) is 0 Å². The van der Waals surface area contributed by atoms with Crippen molar-refractivity contribution in [3.05, 3.63) is 5.28 Å². The van der Waals surface area contributed by atoms with Gasteiger partial charge in [-0.15, -0.1) is 0 Å². The van der Waals surface area contributed by atoms with Gasteiger partial charge in [-0.25, -0.2) is 0 Å². The minimum Gasteiger partial charge on any atom is -0.464 e. The van der Waals surface area contributed by atoms with E-state index in [1.807, 2.05) is 6.92 Å². The first-order chi connectivity index (χ1) is 8.69. The van der Waals surface area contributed by atoms with E-state index in [0.29, 0.717) is 18.6 Å². The summed E-state index contributed by atoms with van der Waals surface area (Å²) in [5.41, 5.74) is 0. The van der Waals surface area contributed by atoms with Crippen molar-refractivity contribution in [2.45, 2.75) is 33.1 Å². The molecular formula is C12H19ClN4O. The lowest BCUT2D eigenvalue weighted by Crippen LogP contribution is -2.26. The van der Waals surface area contributed by atoms with Gasteiger partial charge in [-0.3, -0.25) is 0 Å². The van der Waals surface area contributed by atoms with E-state index < -0.39 is 0 Å². The fourth-order valence-corrected chi connectivity index (χ4v) is 2.27. The molecule has 1 saturated heterocycles. The van der Waals surface area contributed by atoms with Crippen molar-refractivity contribution in [2.75, 3.05) is 24.6 Å². The van der Waals surface area contributed by atoms with E-state index in [1.54, 1.807) is 0 Å². The van der Waals surface area contributed by atoms with Crippen LogP contribution in [-0.4, -0.2) is 34.6 Å². The summed E-state index contributed by atoms with van der Waals surface area (Å²) in [4.78, 5) is 14.6.